The van der Waals surface area contributed by atoms with Crippen molar-refractivity contribution in [1.29, 1.82) is 0 Å². The molecule has 0 spiro atoms. The van der Waals surface area contributed by atoms with E-state index in [1.807, 2.05) is 0 Å². The van der Waals surface area contributed by atoms with Crippen LogP contribution >= 0.6 is 0 Å². The van der Waals surface area contributed by atoms with Crippen molar-refractivity contribution in [2.24, 2.45) is 0 Å². The van der Waals surface area contributed by atoms with Gasteiger partial charge in [-0.1, -0.05) is 19.8 Å². The Hall–Kier alpha value is -1.35. The Balaban J connectivity index is 3.55. The molecule has 0 aliphatic carbocycles. The number of H-pyrrole nitrogens is 1. The Bertz CT molecular complexity index is 504. The summed E-state index contributed by atoms with van der Waals surface area (Å²) in [6, 6.07) is 0. The number of hydrogen-bond donors (Lipinski definition) is 1. The molecule has 0 saturated heterocycles. The quantitative estimate of drug-likeness (QED) is 0.526. The molecule has 0 aliphatic heterocycles. The lowest BCUT2D eigenvalue weighted by Gasteiger charge is -2.15. The van der Waals surface area contributed by atoms with Gasteiger partial charge in [-0.15, -0.1) is 0 Å². The van der Waals surface area contributed by atoms with Gasteiger partial charge in [0, 0.05) is 5.69 Å². The summed E-state index contributed by atoms with van der Waals surface area (Å²) < 4.78 is 115. The van der Waals surface area contributed by atoms with E-state index in [-0.39, 0.29) is 6.42 Å². The molecule has 22 heavy (non-hydrogen) atoms. The largest absolute Gasteiger partial charge is 0.431 e. The van der Waals surface area contributed by atoms with Gasteiger partial charge in [-0.05, 0) is 12.8 Å². The molecule has 1 rings (SSSR count). The number of aromatic nitrogens is 1. The maximum Gasteiger partial charge on any atom is 0.431 e. The van der Waals surface area contributed by atoms with Gasteiger partial charge in [0.05, 0.1) is 11.1 Å². The second-order valence-corrected chi connectivity index (χ2v) is 4.68. The van der Waals surface area contributed by atoms with E-state index in [4.69, 9.17) is 0 Å². The van der Waals surface area contributed by atoms with Gasteiger partial charge in [-0.2, -0.15) is 39.5 Å². The maximum absolute atomic E-state index is 12.9. The molecule has 0 saturated carbocycles. The summed E-state index contributed by atoms with van der Waals surface area (Å²) in [5.41, 5.74) is -8.46. The number of nitrogens with one attached hydrogen (secondary N) is 1. The number of aryl methyl sites for hydroxylation is 1. The summed E-state index contributed by atoms with van der Waals surface area (Å²) in [6.07, 6.45) is -16.4. The van der Waals surface area contributed by atoms with E-state index >= 15 is 0 Å². The molecule has 0 bridgehead atoms. The minimum Gasteiger partial charge on any atom is -0.354 e. The van der Waals surface area contributed by atoms with E-state index in [1.165, 1.54) is 4.98 Å². The lowest BCUT2D eigenvalue weighted by Crippen LogP contribution is -2.20. The van der Waals surface area contributed by atoms with E-state index in [1.54, 1.807) is 6.92 Å². The highest BCUT2D eigenvalue weighted by Crippen LogP contribution is 2.48. The van der Waals surface area contributed by atoms with Crippen LogP contribution in [0.1, 0.15) is 48.7 Å². The van der Waals surface area contributed by atoms with Gasteiger partial charge in [-0.3, -0.25) is 0 Å². The average Bonchev–Trinajstić information content (AvgIpc) is 2.68. The Morgan fingerprint density at radius 1 is 0.727 bits per heavy atom. The number of halogens is 9. The summed E-state index contributed by atoms with van der Waals surface area (Å²) in [5.74, 6) is 0. The van der Waals surface area contributed by atoms with Crippen LogP contribution in [0.4, 0.5) is 39.5 Å². The Morgan fingerprint density at radius 2 is 1.23 bits per heavy atom. The van der Waals surface area contributed by atoms with Crippen molar-refractivity contribution in [3.63, 3.8) is 0 Å². The highest BCUT2D eigenvalue weighted by atomic mass is 19.4. The highest BCUT2D eigenvalue weighted by molar-refractivity contribution is 5.43. The van der Waals surface area contributed by atoms with Crippen LogP contribution in [-0.4, -0.2) is 4.98 Å². The monoisotopic (exact) mass is 341 g/mol. The third-order valence-corrected chi connectivity index (χ3v) is 2.96. The van der Waals surface area contributed by atoms with Gasteiger partial charge in [0.25, 0.3) is 0 Å². The van der Waals surface area contributed by atoms with Crippen molar-refractivity contribution in [3.05, 3.63) is 22.5 Å². The van der Waals surface area contributed by atoms with Crippen molar-refractivity contribution < 1.29 is 39.5 Å². The number of aromatic amines is 1. The zero-order valence-electron chi connectivity index (χ0n) is 11.2. The molecule has 128 valence electrons. The minimum atomic E-state index is -5.77. The van der Waals surface area contributed by atoms with Crippen LogP contribution in [0.5, 0.6) is 0 Å². The Kier molecular flexibility index (Phi) is 5.13. The van der Waals surface area contributed by atoms with Crippen molar-refractivity contribution in [2.75, 3.05) is 0 Å². The van der Waals surface area contributed by atoms with Crippen LogP contribution in [0.15, 0.2) is 0 Å². The molecule has 1 N–H and O–H groups in total. The van der Waals surface area contributed by atoms with Gasteiger partial charge < -0.3 is 4.98 Å². The zero-order chi connectivity index (χ0) is 17.3. The molecule has 1 nitrogen and oxygen atoms in total. The SMILES string of the molecule is CCCCCc1[nH]c(C(F)(F)F)c(C(F)(F)F)c1C(F)(F)F. The first-order chi connectivity index (χ1) is 9.80. The smallest absolute Gasteiger partial charge is 0.354 e. The third kappa shape index (κ3) is 4.10. The predicted molar refractivity (Wildman–Crippen MR) is 59.0 cm³/mol. The molecule has 10 heteroatoms. The summed E-state index contributed by atoms with van der Waals surface area (Å²) >= 11 is 0. The van der Waals surface area contributed by atoms with Crippen LogP contribution in [0.25, 0.3) is 0 Å². The van der Waals surface area contributed by atoms with Gasteiger partial charge in [0.15, 0.2) is 0 Å². The van der Waals surface area contributed by atoms with Crippen molar-refractivity contribution >= 4 is 0 Å². The fraction of sp³-hybridized carbons (Fsp3) is 0.667. The lowest BCUT2D eigenvalue weighted by atomic mass is 10.0. The third-order valence-electron chi connectivity index (χ3n) is 2.96. The first-order valence-corrected chi connectivity index (χ1v) is 6.26. The second-order valence-electron chi connectivity index (χ2n) is 4.68. The topological polar surface area (TPSA) is 15.8 Å². The van der Waals surface area contributed by atoms with E-state index in [9.17, 15) is 39.5 Å². The summed E-state index contributed by atoms with van der Waals surface area (Å²) in [6.45, 7) is 1.70. The molecular weight excluding hydrogens is 329 g/mol. The molecule has 0 aliphatic rings. The summed E-state index contributed by atoms with van der Waals surface area (Å²) in [7, 11) is 0. The molecule has 0 fully saturated rings. The first-order valence-electron chi connectivity index (χ1n) is 6.26. The van der Waals surface area contributed by atoms with E-state index < -0.39 is 47.5 Å². The van der Waals surface area contributed by atoms with Gasteiger partial charge in [0.1, 0.15) is 5.69 Å². The molecule has 0 amide bonds. The fourth-order valence-electron chi connectivity index (χ4n) is 2.10. The lowest BCUT2D eigenvalue weighted by molar-refractivity contribution is -0.174. The standard InChI is InChI=1S/C12H12F9N/c1-2-3-4-5-6-7(10(13,14)15)8(11(16,17)18)9(22-6)12(19,20)21/h22H,2-5H2,1H3. The fourth-order valence-corrected chi connectivity index (χ4v) is 2.10. The summed E-state index contributed by atoms with van der Waals surface area (Å²) in [5, 5.41) is 0. The molecule has 1 heterocycles. The van der Waals surface area contributed by atoms with E-state index in [0.717, 1.165) is 0 Å². The number of alkyl halides is 9. The van der Waals surface area contributed by atoms with Crippen LogP contribution in [0.2, 0.25) is 0 Å². The maximum atomic E-state index is 12.9. The highest BCUT2D eigenvalue weighted by Gasteiger charge is 2.53. The molecular formula is C12H12F9N. The van der Waals surface area contributed by atoms with Crippen LogP contribution in [-0.2, 0) is 24.9 Å². The minimum absolute atomic E-state index is 0.0503. The van der Waals surface area contributed by atoms with Crippen LogP contribution < -0.4 is 0 Å². The first kappa shape index (κ1) is 18.7. The van der Waals surface area contributed by atoms with Gasteiger partial charge in [0.2, 0.25) is 0 Å². The Labute approximate surface area is 119 Å². The van der Waals surface area contributed by atoms with Gasteiger partial charge >= 0.3 is 18.5 Å². The summed E-state index contributed by atoms with van der Waals surface area (Å²) in [4.78, 5) is 1.30. The molecule has 0 unspecified atom stereocenters. The second kappa shape index (κ2) is 6.04. The molecule has 1 aromatic rings. The average molecular weight is 341 g/mol. The van der Waals surface area contributed by atoms with Crippen molar-refractivity contribution in [1.82, 2.24) is 4.98 Å². The molecule has 0 radical (unpaired) electrons. The molecule has 0 atom stereocenters. The zero-order valence-corrected chi connectivity index (χ0v) is 11.2. The number of hydrogen-bond acceptors (Lipinski definition) is 0. The number of rotatable bonds is 4. The normalized spacial score (nSPS) is 13.7. The van der Waals surface area contributed by atoms with Crippen molar-refractivity contribution in [3.8, 4) is 0 Å². The van der Waals surface area contributed by atoms with Crippen molar-refractivity contribution in [2.45, 2.75) is 51.1 Å². The number of unbranched alkanes of at least 4 members (excludes halogenated alkanes) is 2. The predicted octanol–water partition coefficient (Wildman–Crippen LogP) is 5.80. The van der Waals surface area contributed by atoms with Gasteiger partial charge in [-0.25, -0.2) is 0 Å². The molecule has 0 aromatic carbocycles. The van der Waals surface area contributed by atoms with E-state index in [0.29, 0.717) is 12.8 Å². The van der Waals surface area contributed by atoms with Crippen LogP contribution in [0, 0.1) is 0 Å². The Morgan fingerprint density at radius 3 is 1.59 bits per heavy atom. The molecule has 1 aromatic heterocycles. The van der Waals surface area contributed by atoms with E-state index in [2.05, 4.69) is 0 Å². The van der Waals surface area contributed by atoms with Crippen LogP contribution in [0.3, 0.4) is 0 Å².